The van der Waals surface area contributed by atoms with Crippen molar-refractivity contribution in [3.63, 3.8) is 0 Å². The maximum Gasteiger partial charge on any atom is 0.225 e. The second-order valence-corrected chi connectivity index (χ2v) is 8.97. The minimum atomic E-state index is 0.422. The van der Waals surface area contributed by atoms with Crippen molar-refractivity contribution in [2.45, 2.75) is 57.7 Å². The molecule has 1 aromatic carbocycles. The van der Waals surface area contributed by atoms with Crippen molar-refractivity contribution in [3.05, 3.63) is 47.2 Å². The Kier molecular flexibility index (Phi) is 6.13. The first kappa shape index (κ1) is 19.8. The summed E-state index contributed by atoms with van der Waals surface area (Å²) in [5, 5.41) is 7.21. The summed E-state index contributed by atoms with van der Waals surface area (Å²) >= 11 is 0. The van der Waals surface area contributed by atoms with Crippen molar-refractivity contribution in [2.75, 3.05) is 42.9 Å². The predicted octanol–water partition coefficient (Wildman–Crippen LogP) is 3.19. The first-order valence-corrected chi connectivity index (χ1v) is 11.7. The Morgan fingerprint density at radius 3 is 2.67 bits per heavy atom. The molecule has 2 saturated heterocycles. The molecule has 6 nitrogen and oxygen atoms in total. The van der Waals surface area contributed by atoms with Gasteiger partial charge in [0.2, 0.25) is 5.95 Å². The molecule has 0 saturated carbocycles. The summed E-state index contributed by atoms with van der Waals surface area (Å²) in [7, 11) is 0. The van der Waals surface area contributed by atoms with Crippen LogP contribution in [0.25, 0.3) is 0 Å². The number of likely N-dealkylation sites (tertiary alicyclic amines) is 1. The largest absolute Gasteiger partial charge is 0.356 e. The highest BCUT2D eigenvalue weighted by molar-refractivity contribution is 5.54. The number of fused-ring (bicyclic) bond motifs is 1. The molecule has 0 amide bonds. The summed E-state index contributed by atoms with van der Waals surface area (Å²) in [5.41, 5.74) is 3.95. The van der Waals surface area contributed by atoms with Gasteiger partial charge in [-0.15, -0.1) is 0 Å². The van der Waals surface area contributed by atoms with Crippen LogP contribution in [0, 0.1) is 0 Å². The maximum absolute atomic E-state index is 5.07. The number of benzene rings is 1. The van der Waals surface area contributed by atoms with Crippen LogP contribution in [0.3, 0.4) is 0 Å². The van der Waals surface area contributed by atoms with Gasteiger partial charge < -0.3 is 15.5 Å². The number of anilines is 2. The third-order valence-corrected chi connectivity index (χ3v) is 6.67. The van der Waals surface area contributed by atoms with Crippen LogP contribution in [0.4, 0.5) is 11.8 Å². The van der Waals surface area contributed by atoms with Gasteiger partial charge in [-0.1, -0.05) is 43.2 Å². The van der Waals surface area contributed by atoms with Crippen LogP contribution in [0.2, 0.25) is 0 Å². The SMILES string of the molecule is c1ccc(CN2CCC(Nc3nc4c(c(N5CCCCCC5)n3)CNCC4)C2)cc1. The molecule has 2 aromatic rings. The molecule has 0 spiro atoms. The Labute approximate surface area is 180 Å². The summed E-state index contributed by atoms with van der Waals surface area (Å²) < 4.78 is 0. The molecule has 1 aromatic heterocycles. The zero-order valence-electron chi connectivity index (χ0n) is 17.9. The average Bonchev–Trinajstić information content (AvgIpc) is 3.04. The van der Waals surface area contributed by atoms with Crippen molar-refractivity contribution in [1.82, 2.24) is 20.2 Å². The number of nitrogens with zero attached hydrogens (tertiary/aromatic N) is 4. The van der Waals surface area contributed by atoms with Gasteiger partial charge in [-0.05, 0) is 24.8 Å². The Bertz CT molecular complexity index is 831. The molecule has 3 aliphatic rings. The maximum atomic E-state index is 5.07. The first-order chi connectivity index (χ1) is 14.8. The molecule has 4 heterocycles. The minimum Gasteiger partial charge on any atom is -0.356 e. The van der Waals surface area contributed by atoms with Crippen molar-refractivity contribution >= 4 is 11.8 Å². The number of nitrogens with one attached hydrogen (secondary N) is 2. The fraction of sp³-hybridized carbons (Fsp3) is 0.583. The van der Waals surface area contributed by atoms with E-state index in [0.717, 1.165) is 64.6 Å². The second-order valence-electron chi connectivity index (χ2n) is 8.97. The van der Waals surface area contributed by atoms with Gasteiger partial charge in [-0.25, -0.2) is 4.98 Å². The molecule has 160 valence electrons. The zero-order valence-corrected chi connectivity index (χ0v) is 17.9. The summed E-state index contributed by atoms with van der Waals surface area (Å²) in [5.74, 6) is 2.01. The molecule has 0 aliphatic carbocycles. The highest BCUT2D eigenvalue weighted by Crippen LogP contribution is 2.28. The lowest BCUT2D eigenvalue weighted by Gasteiger charge is -2.28. The summed E-state index contributed by atoms with van der Waals surface area (Å²) in [6, 6.07) is 11.2. The van der Waals surface area contributed by atoms with Gasteiger partial charge in [0.05, 0.1) is 5.69 Å². The number of hydrogen-bond acceptors (Lipinski definition) is 6. The van der Waals surface area contributed by atoms with Crippen LogP contribution in [-0.4, -0.2) is 53.6 Å². The van der Waals surface area contributed by atoms with Gasteiger partial charge in [-0.2, -0.15) is 4.98 Å². The van der Waals surface area contributed by atoms with Gasteiger partial charge in [0.1, 0.15) is 5.82 Å². The molecule has 5 rings (SSSR count). The molecule has 0 bridgehead atoms. The lowest BCUT2D eigenvalue weighted by molar-refractivity contribution is 0.328. The molecule has 6 heteroatoms. The predicted molar refractivity (Wildman–Crippen MR) is 122 cm³/mol. The van der Waals surface area contributed by atoms with E-state index in [0.29, 0.717) is 6.04 Å². The van der Waals surface area contributed by atoms with Crippen molar-refractivity contribution in [1.29, 1.82) is 0 Å². The molecular formula is C24H34N6. The summed E-state index contributed by atoms with van der Waals surface area (Å²) in [4.78, 5) is 15.1. The smallest absolute Gasteiger partial charge is 0.225 e. The molecule has 3 aliphatic heterocycles. The van der Waals surface area contributed by atoms with Gasteiger partial charge >= 0.3 is 0 Å². The van der Waals surface area contributed by atoms with E-state index in [1.807, 2.05) is 0 Å². The van der Waals surface area contributed by atoms with E-state index in [4.69, 9.17) is 9.97 Å². The topological polar surface area (TPSA) is 56.3 Å². The van der Waals surface area contributed by atoms with Gasteiger partial charge in [0, 0.05) is 63.8 Å². The monoisotopic (exact) mass is 406 g/mol. The Morgan fingerprint density at radius 2 is 1.83 bits per heavy atom. The molecule has 1 unspecified atom stereocenters. The van der Waals surface area contributed by atoms with E-state index in [2.05, 4.69) is 50.8 Å². The van der Waals surface area contributed by atoms with Crippen LogP contribution in [-0.2, 0) is 19.5 Å². The molecule has 2 fully saturated rings. The van der Waals surface area contributed by atoms with Gasteiger partial charge in [0.25, 0.3) is 0 Å². The molecule has 30 heavy (non-hydrogen) atoms. The lowest BCUT2D eigenvalue weighted by atomic mass is 10.1. The average molecular weight is 407 g/mol. The number of aromatic nitrogens is 2. The van der Waals surface area contributed by atoms with E-state index < -0.39 is 0 Å². The first-order valence-electron chi connectivity index (χ1n) is 11.7. The quantitative estimate of drug-likeness (QED) is 0.795. The van der Waals surface area contributed by atoms with E-state index in [-0.39, 0.29) is 0 Å². The van der Waals surface area contributed by atoms with Crippen LogP contribution in [0.5, 0.6) is 0 Å². The third-order valence-electron chi connectivity index (χ3n) is 6.67. The van der Waals surface area contributed by atoms with Crippen molar-refractivity contribution in [3.8, 4) is 0 Å². The molecule has 1 atom stereocenters. The van der Waals surface area contributed by atoms with Crippen LogP contribution >= 0.6 is 0 Å². The highest BCUT2D eigenvalue weighted by atomic mass is 15.3. The lowest BCUT2D eigenvalue weighted by Crippen LogP contribution is -2.33. The fourth-order valence-electron chi connectivity index (χ4n) is 5.05. The van der Waals surface area contributed by atoms with E-state index in [9.17, 15) is 0 Å². The van der Waals surface area contributed by atoms with E-state index in [1.165, 1.54) is 48.3 Å². The normalized spacial score (nSPS) is 22.5. The summed E-state index contributed by atoms with van der Waals surface area (Å²) in [6.45, 7) is 7.35. The Morgan fingerprint density at radius 1 is 1.00 bits per heavy atom. The molecule has 2 N–H and O–H groups in total. The molecular weight excluding hydrogens is 372 g/mol. The van der Waals surface area contributed by atoms with Crippen LogP contribution in [0.15, 0.2) is 30.3 Å². The van der Waals surface area contributed by atoms with Gasteiger partial charge in [0.15, 0.2) is 0 Å². The van der Waals surface area contributed by atoms with Crippen LogP contribution in [0.1, 0.15) is 48.9 Å². The number of hydrogen-bond donors (Lipinski definition) is 2. The zero-order chi connectivity index (χ0) is 20.2. The van der Waals surface area contributed by atoms with Crippen molar-refractivity contribution < 1.29 is 0 Å². The second kappa shape index (κ2) is 9.31. The minimum absolute atomic E-state index is 0.422. The Balaban J connectivity index is 1.30. The third kappa shape index (κ3) is 4.60. The fourth-order valence-corrected chi connectivity index (χ4v) is 5.05. The summed E-state index contributed by atoms with van der Waals surface area (Å²) in [6.07, 6.45) is 7.36. The van der Waals surface area contributed by atoms with E-state index >= 15 is 0 Å². The van der Waals surface area contributed by atoms with E-state index in [1.54, 1.807) is 0 Å². The standard InChI is InChI=1S/C24H34N6/c1-2-7-14-30(13-6-1)23-21-16-25-12-10-22(21)27-24(28-23)26-20-11-15-29(18-20)17-19-8-4-3-5-9-19/h3-5,8-9,20,25H,1-2,6-7,10-18H2,(H,26,27,28). The van der Waals surface area contributed by atoms with Crippen LogP contribution < -0.4 is 15.5 Å². The van der Waals surface area contributed by atoms with Crippen molar-refractivity contribution in [2.24, 2.45) is 0 Å². The highest BCUT2D eigenvalue weighted by Gasteiger charge is 2.26. The number of rotatable bonds is 5. The molecule has 0 radical (unpaired) electrons. The Hall–Kier alpha value is -2.18. The van der Waals surface area contributed by atoms with Gasteiger partial charge in [-0.3, -0.25) is 4.90 Å².